The predicted octanol–water partition coefficient (Wildman–Crippen LogP) is 3.54. The third-order valence-electron chi connectivity index (χ3n) is 3.34. The first-order valence-corrected chi connectivity index (χ1v) is 5.96. The lowest BCUT2D eigenvalue weighted by atomic mass is 10.0. The van der Waals surface area contributed by atoms with Gasteiger partial charge >= 0.3 is 0 Å². The van der Waals surface area contributed by atoms with Gasteiger partial charge in [-0.05, 0) is 36.2 Å². The third kappa shape index (κ3) is 1.82. The van der Waals surface area contributed by atoms with E-state index >= 15 is 0 Å². The van der Waals surface area contributed by atoms with Gasteiger partial charge in [-0.3, -0.25) is 0 Å². The van der Waals surface area contributed by atoms with Crippen LogP contribution in [0.4, 0.5) is 10.1 Å². The maximum atomic E-state index is 13.4. The fourth-order valence-electron chi connectivity index (χ4n) is 2.46. The zero-order valence-corrected chi connectivity index (χ0v) is 10.1. The lowest BCUT2D eigenvalue weighted by Gasteiger charge is -2.15. The molecular weight excluding hydrogens is 229 g/mol. The highest BCUT2D eigenvalue weighted by molar-refractivity contribution is 5.59. The van der Waals surface area contributed by atoms with Crippen molar-refractivity contribution in [3.63, 3.8) is 0 Å². The van der Waals surface area contributed by atoms with E-state index in [1.54, 1.807) is 19.2 Å². The minimum absolute atomic E-state index is 0.0769. The van der Waals surface area contributed by atoms with Gasteiger partial charge in [-0.15, -0.1) is 0 Å². The van der Waals surface area contributed by atoms with Crippen molar-refractivity contribution in [3.05, 3.63) is 59.4 Å². The first-order valence-electron chi connectivity index (χ1n) is 5.96. The summed E-state index contributed by atoms with van der Waals surface area (Å²) in [5, 5.41) is 3.41. The standard InChI is InChI=1S/C15H14FNO/c1-18-15-7-6-11(16)9-12(15)14-8-10-4-2-3-5-13(10)17-14/h2-7,9,14,17H,8H2,1H3. The summed E-state index contributed by atoms with van der Waals surface area (Å²) in [5.41, 5.74) is 3.25. The van der Waals surface area contributed by atoms with Gasteiger partial charge < -0.3 is 10.1 Å². The lowest BCUT2D eigenvalue weighted by molar-refractivity contribution is 0.406. The molecule has 1 atom stereocenters. The number of nitrogens with one attached hydrogen (secondary N) is 1. The van der Waals surface area contributed by atoms with Crippen LogP contribution in [0.1, 0.15) is 17.2 Å². The van der Waals surface area contributed by atoms with Gasteiger partial charge in [0.1, 0.15) is 11.6 Å². The number of ether oxygens (including phenoxy) is 1. The molecule has 2 aromatic carbocycles. The minimum atomic E-state index is -0.233. The Morgan fingerprint density at radius 3 is 2.83 bits per heavy atom. The van der Waals surface area contributed by atoms with Crippen molar-refractivity contribution in [2.75, 3.05) is 12.4 Å². The molecule has 1 aliphatic rings. The number of halogens is 1. The SMILES string of the molecule is COc1ccc(F)cc1C1Cc2ccccc2N1. The van der Waals surface area contributed by atoms with E-state index in [1.807, 2.05) is 18.2 Å². The Kier molecular flexibility index (Phi) is 2.67. The van der Waals surface area contributed by atoms with E-state index in [1.165, 1.54) is 11.6 Å². The summed E-state index contributed by atoms with van der Waals surface area (Å²) >= 11 is 0. The number of rotatable bonds is 2. The van der Waals surface area contributed by atoms with Gasteiger partial charge in [0.05, 0.1) is 13.2 Å². The first kappa shape index (κ1) is 11.1. The normalized spacial score (nSPS) is 17.1. The number of hydrogen-bond acceptors (Lipinski definition) is 2. The molecule has 18 heavy (non-hydrogen) atoms. The Morgan fingerprint density at radius 1 is 1.22 bits per heavy atom. The van der Waals surface area contributed by atoms with Crippen molar-refractivity contribution in [1.29, 1.82) is 0 Å². The third-order valence-corrected chi connectivity index (χ3v) is 3.34. The molecule has 2 nitrogen and oxygen atoms in total. The molecule has 0 spiro atoms. The number of benzene rings is 2. The summed E-state index contributed by atoms with van der Waals surface area (Å²) in [6.07, 6.45) is 0.857. The van der Waals surface area contributed by atoms with Crippen molar-refractivity contribution in [2.45, 2.75) is 12.5 Å². The van der Waals surface area contributed by atoms with Gasteiger partial charge in [-0.1, -0.05) is 18.2 Å². The average Bonchev–Trinajstić information content (AvgIpc) is 2.82. The van der Waals surface area contributed by atoms with E-state index in [0.29, 0.717) is 0 Å². The van der Waals surface area contributed by atoms with Gasteiger partial charge in [0, 0.05) is 11.3 Å². The molecular formula is C15H14FNO. The van der Waals surface area contributed by atoms with Crippen LogP contribution >= 0.6 is 0 Å². The summed E-state index contributed by atoms with van der Waals surface area (Å²) in [6, 6.07) is 12.9. The molecule has 3 rings (SSSR count). The largest absolute Gasteiger partial charge is 0.496 e. The van der Waals surface area contributed by atoms with E-state index in [0.717, 1.165) is 23.4 Å². The maximum Gasteiger partial charge on any atom is 0.124 e. The molecule has 1 N–H and O–H groups in total. The molecule has 92 valence electrons. The molecule has 0 saturated heterocycles. The highest BCUT2D eigenvalue weighted by atomic mass is 19.1. The molecule has 0 amide bonds. The van der Waals surface area contributed by atoms with Crippen LogP contribution in [0.2, 0.25) is 0 Å². The molecule has 2 aromatic rings. The van der Waals surface area contributed by atoms with Gasteiger partial charge in [-0.25, -0.2) is 4.39 Å². The molecule has 0 aromatic heterocycles. The second-order valence-electron chi connectivity index (χ2n) is 4.44. The molecule has 0 aliphatic carbocycles. The Bertz CT molecular complexity index is 557. The Labute approximate surface area is 105 Å². The monoisotopic (exact) mass is 243 g/mol. The summed E-state index contributed by atoms with van der Waals surface area (Å²) in [6.45, 7) is 0. The van der Waals surface area contributed by atoms with Crippen LogP contribution in [-0.4, -0.2) is 7.11 Å². The summed E-state index contributed by atoms with van der Waals surface area (Å²) in [7, 11) is 1.61. The van der Waals surface area contributed by atoms with Crippen molar-refractivity contribution in [1.82, 2.24) is 0 Å². The highest BCUT2D eigenvalue weighted by Gasteiger charge is 2.24. The van der Waals surface area contributed by atoms with Crippen LogP contribution in [0.15, 0.2) is 42.5 Å². The summed E-state index contributed by atoms with van der Waals surface area (Å²) in [5.74, 6) is 0.491. The topological polar surface area (TPSA) is 21.3 Å². The van der Waals surface area contributed by atoms with Crippen LogP contribution in [-0.2, 0) is 6.42 Å². The van der Waals surface area contributed by atoms with E-state index in [9.17, 15) is 4.39 Å². The van der Waals surface area contributed by atoms with Gasteiger partial charge in [0.25, 0.3) is 0 Å². The molecule has 0 saturated carbocycles. The van der Waals surface area contributed by atoms with Crippen LogP contribution in [0.5, 0.6) is 5.75 Å². The average molecular weight is 243 g/mol. The second-order valence-corrected chi connectivity index (χ2v) is 4.44. The smallest absolute Gasteiger partial charge is 0.124 e. The number of anilines is 1. The van der Waals surface area contributed by atoms with Gasteiger partial charge in [0.2, 0.25) is 0 Å². The van der Waals surface area contributed by atoms with E-state index in [4.69, 9.17) is 4.74 Å². The molecule has 1 aliphatic heterocycles. The molecule has 0 radical (unpaired) electrons. The Hall–Kier alpha value is -2.03. The van der Waals surface area contributed by atoms with Crippen molar-refractivity contribution in [2.24, 2.45) is 0 Å². The second kappa shape index (κ2) is 4.33. The van der Waals surface area contributed by atoms with Crippen LogP contribution in [0.3, 0.4) is 0 Å². The van der Waals surface area contributed by atoms with Gasteiger partial charge in [-0.2, -0.15) is 0 Å². The number of methoxy groups -OCH3 is 1. The number of fused-ring (bicyclic) bond motifs is 1. The van der Waals surface area contributed by atoms with E-state index in [2.05, 4.69) is 11.4 Å². The Morgan fingerprint density at radius 2 is 2.06 bits per heavy atom. The fourth-order valence-corrected chi connectivity index (χ4v) is 2.46. The van der Waals surface area contributed by atoms with Crippen LogP contribution < -0.4 is 10.1 Å². The fraction of sp³-hybridized carbons (Fsp3) is 0.200. The minimum Gasteiger partial charge on any atom is -0.496 e. The highest BCUT2D eigenvalue weighted by Crippen LogP contribution is 2.37. The van der Waals surface area contributed by atoms with Crippen molar-refractivity contribution in [3.8, 4) is 5.75 Å². The zero-order chi connectivity index (χ0) is 12.5. The molecule has 3 heteroatoms. The van der Waals surface area contributed by atoms with Crippen LogP contribution in [0.25, 0.3) is 0 Å². The van der Waals surface area contributed by atoms with E-state index < -0.39 is 0 Å². The van der Waals surface area contributed by atoms with Gasteiger partial charge in [0.15, 0.2) is 0 Å². The first-order chi connectivity index (χ1) is 8.78. The van der Waals surface area contributed by atoms with Crippen molar-refractivity contribution >= 4 is 5.69 Å². The van der Waals surface area contributed by atoms with Crippen molar-refractivity contribution < 1.29 is 9.13 Å². The summed E-state index contributed by atoms with van der Waals surface area (Å²) < 4.78 is 18.7. The quantitative estimate of drug-likeness (QED) is 0.871. The molecule has 0 fully saturated rings. The number of para-hydroxylation sites is 1. The number of hydrogen-bond donors (Lipinski definition) is 1. The maximum absolute atomic E-state index is 13.4. The predicted molar refractivity (Wildman–Crippen MR) is 69.5 cm³/mol. The Balaban J connectivity index is 1.97. The molecule has 1 unspecified atom stereocenters. The zero-order valence-electron chi connectivity index (χ0n) is 10.1. The summed E-state index contributed by atoms with van der Waals surface area (Å²) in [4.78, 5) is 0. The lowest BCUT2D eigenvalue weighted by Crippen LogP contribution is -2.08. The van der Waals surface area contributed by atoms with E-state index in [-0.39, 0.29) is 11.9 Å². The van der Waals surface area contributed by atoms with Crippen LogP contribution in [0, 0.1) is 5.82 Å². The molecule has 1 heterocycles. The molecule has 0 bridgehead atoms.